The number of likely N-dealkylation sites (N-methyl/N-ethyl adjacent to an activating group) is 1. The topological polar surface area (TPSA) is 110 Å². The van der Waals surface area contributed by atoms with Crippen LogP contribution in [-0.2, 0) is 16.8 Å². The summed E-state index contributed by atoms with van der Waals surface area (Å²) in [6.07, 6.45) is 1.95. The maximum absolute atomic E-state index is 14.5. The molecule has 1 aliphatic carbocycles. The smallest absolute Gasteiger partial charge is 0.274 e. The molecule has 2 N–H and O–H groups in total. The molecule has 2 aliphatic rings. The highest BCUT2D eigenvalue weighted by Gasteiger charge is 2.60. The Kier molecular flexibility index (Phi) is 5.83. The number of benzene rings is 1. The summed E-state index contributed by atoms with van der Waals surface area (Å²) in [7, 11) is 4.51. The van der Waals surface area contributed by atoms with Gasteiger partial charge in [0.2, 0.25) is 5.43 Å². The maximum atomic E-state index is 14.5. The van der Waals surface area contributed by atoms with E-state index in [1.807, 2.05) is 0 Å². The van der Waals surface area contributed by atoms with Crippen LogP contribution >= 0.6 is 11.6 Å². The third-order valence-electron chi connectivity index (χ3n) is 6.32. The first-order valence-electron chi connectivity index (χ1n) is 10.2. The van der Waals surface area contributed by atoms with Crippen LogP contribution in [0.5, 0.6) is 11.5 Å². The number of fused-ring (bicyclic) bond motifs is 2. The Bertz CT molecular complexity index is 1220. The fraction of sp³-hybridized carbons (Fsp3) is 0.409. The van der Waals surface area contributed by atoms with E-state index in [1.165, 1.54) is 34.9 Å². The van der Waals surface area contributed by atoms with Crippen LogP contribution in [0.4, 0.5) is 4.39 Å². The van der Waals surface area contributed by atoms with Crippen LogP contribution in [0.15, 0.2) is 23.1 Å². The molecule has 9 nitrogen and oxygen atoms in total. The number of carbonyl (C=O) groups is 2. The minimum Gasteiger partial charge on any atom is -0.503 e. The molecule has 2 amide bonds. The zero-order valence-electron chi connectivity index (χ0n) is 18.3. The van der Waals surface area contributed by atoms with Gasteiger partial charge in [-0.2, -0.15) is 0 Å². The van der Waals surface area contributed by atoms with Gasteiger partial charge in [0, 0.05) is 44.9 Å². The summed E-state index contributed by atoms with van der Waals surface area (Å²) in [4.78, 5) is 39.7. The summed E-state index contributed by atoms with van der Waals surface area (Å²) < 4.78 is 26.2. The highest BCUT2D eigenvalue weighted by atomic mass is 35.5. The second-order valence-electron chi connectivity index (χ2n) is 8.30. The Balaban J connectivity index is 1.67. The summed E-state index contributed by atoms with van der Waals surface area (Å²) in [5.74, 6) is -2.68. The summed E-state index contributed by atoms with van der Waals surface area (Å²) in [5.41, 5.74) is -1.97. The van der Waals surface area contributed by atoms with Crippen LogP contribution in [-0.4, -0.2) is 60.8 Å². The Morgan fingerprint density at radius 3 is 2.76 bits per heavy atom. The molecule has 2 unspecified atom stereocenters. The largest absolute Gasteiger partial charge is 0.503 e. The van der Waals surface area contributed by atoms with Gasteiger partial charge in [-0.05, 0) is 12.5 Å². The number of pyridine rings is 1. The zero-order chi connectivity index (χ0) is 24.1. The number of nitrogens with zero attached hydrogens (tertiary/aromatic N) is 2. The average Bonchev–Trinajstić information content (AvgIpc) is 3.47. The SMILES string of the molecule is COCC1CC12CN(C)C(=O)c1c(O)c(=O)c(C(=O)NCc3ccc(OC)c(Cl)c3F)cn12. The Morgan fingerprint density at radius 1 is 1.36 bits per heavy atom. The van der Waals surface area contributed by atoms with Crippen molar-refractivity contribution in [3.63, 3.8) is 0 Å². The van der Waals surface area contributed by atoms with E-state index in [0.717, 1.165) is 0 Å². The number of methoxy groups -OCH3 is 2. The van der Waals surface area contributed by atoms with Crippen LogP contribution in [0.1, 0.15) is 32.8 Å². The van der Waals surface area contributed by atoms with Crippen LogP contribution in [0.25, 0.3) is 0 Å². The number of halogens is 2. The molecule has 2 heterocycles. The maximum Gasteiger partial charge on any atom is 0.274 e. The molecule has 1 fully saturated rings. The van der Waals surface area contributed by atoms with Crippen LogP contribution in [0.3, 0.4) is 0 Å². The fourth-order valence-electron chi connectivity index (χ4n) is 4.47. The number of hydrogen-bond donors (Lipinski definition) is 2. The molecule has 1 aromatic heterocycles. The molecule has 11 heteroatoms. The Hall–Kier alpha value is -3.11. The van der Waals surface area contributed by atoms with Crippen LogP contribution < -0.4 is 15.5 Å². The summed E-state index contributed by atoms with van der Waals surface area (Å²) in [6, 6.07) is 2.86. The summed E-state index contributed by atoms with van der Waals surface area (Å²) in [6.45, 7) is 0.522. The first-order chi connectivity index (χ1) is 15.7. The van der Waals surface area contributed by atoms with E-state index in [9.17, 15) is 23.9 Å². The quantitative estimate of drug-likeness (QED) is 0.653. The highest BCUT2D eigenvalue weighted by molar-refractivity contribution is 6.32. The third-order valence-corrected chi connectivity index (χ3v) is 6.67. The number of aromatic nitrogens is 1. The van der Waals surface area contributed by atoms with Gasteiger partial charge in [0.1, 0.15) is 16.3 Å². The predicted molar refractivity (Wildman–Crippen MR) is 116 cm³/mol. The van der Waals surface area contributed by atoms with Gasteiger partial charge in [-0.1, -0.05) is 17.7 Å². The van der Waals surface area contributed by atoms with Gasteiger partial charge in [0.05, 0.1) is 19.3 Å². The van der Waals surface area contributed by atoms with Crippen molar-refractivity contribution in [2.75, 3.05) is 34.4 Å². The molecule has 0 bridgehead atoms. The number of rotatable bonds is 6. The van der Waals surface area contributed by atoms with Gasteiger partial charge < -0.3 is 29.4 Å². The van der Waals surface area contributed by atoms with Crippen molar-refractivity contribution in [3.8, 4) is 11.5 Å². The molecule has 1 aromatic carbocycles. The van der Waals surface area contributed by atoms with Crippen molar-refractivity contribution in [1.29, 1.82) is 0 Å². The standard InChI is InChI=1S/C22H23ClFN3O6/c1-26-10-22(6-12(22)9-32-2)27-8-13(18(28)19(29)17(27)21(26)31)20(30)25-7-11-4-5-14(33-3)15(23)16(11)24/h4-5,8,12,29H,6-7,9-10H2,1-3H3,(H,25,30). The van der Waals surface area contributed by atoms with Crippen molar-refractivity contribution < 1.29 is 28.6 Å². The molecule has 2 aromatic rings. The normalized spacial score (nSPS) is 21.2. The molecule has 0 radical (unpaired) electrons. The zero-order valence-corrected chi connectivity index (χ0v) is 19.0. The lowest BCUT2D eigenvalue weighted by Crippen LogP contribution is -2.48. The molecule has 1 spiro atoms. The lowest BCUT2D eigenvalue weighted by Gasteiger charge is -2.35. The molecular weight excluding hydrogens is 457 g/mol. The first-order valence-corrected chi connectivity index (χ1v) is 10.6. The average molecular weight is 480 g/mol. The molecule has 176 valence electrons. The van der Waals surface area contributed by atoms with E-state index in [1.54, 1.807) is 14.2 Å². The van der Waals surface area contributed by atoms with Gasteiger partial charge >= 0.3 is 0 Å². The first kappa shape index (κ1) is 23.1. The van der Waals surface area contributed by atoms with E-state index in [4.69, 9.17) is 21.1 Å². The van der Waals surface area contributed by atoms with Gasteiger partial charge in [0.25, 0.3) is 11.8 Å². The Morgan fingerprint density at radius 2 is 2.09 bits per heavy atom. The van der Waals surface area contributed by atoms with Crippen LogP contribution in [0.2, 0.25) is 5.02 Å². The number of hydrogen-bond acceptors (Lipinski definition) is 6. The van der Waals surface area contributed by atoms with Crippen molar-refractivity contribution in [1.82, 2.24) is 14.8 Å². The second-order valence-corrected chi connectivity index (χ2v) is 8.68. The number of ether oxygens (including phenoxy) is 2. The van der Waals surface area contributed by atoms with E-state index in [-0.39, 0.29) is 40.1 Å². The molecule has 0 saturated heterocycles. The van der Waals surface area contributed by atoms with Gasteiger partial charge in [-0.3, -0.25) is 14.4 Å². The number of aromatic hydroxyl groups is 1. The van der Waals surface area contributed by atoms with Gasteiger partial charge in [-0.25, -0.2) is 4.39 Å². The summed E-state index contributed by atoms with van der Waals surface area (Å²) >= 11 is 5.91. The van der Waals surface area contributed by atoms with Crippen molar-refractivity contribution in [3.05, 3.63) is 56.2 Å². The lowest BCUT2D eigenvalue weighted by molar-refractivity contribution is 0.0664. The number of amides is 2. The molecule has 4 rings (SSSR count). The molecule has 1 aliphatic heterocycles. The fourth-order valence-corrected chi connectivity index (χ4v) is 4.73. The Labute approximate surface area is 193 Å². The third kappa shape index (κ3) is 3.63. The molecule has 2 atom stereocenters. The number of carbonyl (C=O) groups excluding carboxylic acids is 2. The van der Waals surface area contributed by atoms with E-state index in [0.29, 0.717) is 19.6 Å². The van der Waals surface area contributed by atoms with Gasteiger partial charge in [-0.15, -0.1) is 0 Å². The minimum atomic E-state index is -0.977. The predicted octanol–water partition coefficient (Wildman–Crippen LogP) is 1.73. The van der Waals surface area contributed by atoms with E-state index < -0.39 is 34.3 Å². The van der Waals surface area contributed by atoms with E-state index >= 15 is 0 Å². The van der Waals surface area contributed by atoms with Crippen LogP contribution in [0, 0.1) is 11.7 Å². The molecule has 33 heavy (non-hydrogen) atoms. The molecule has 1 saturated carbocycles. The van der Waals surface area contributed by atoms with Crippen molar-refractivity contribution in [2.24, 2.45) is 5.92 Å². The van der Waals surface area contributed by atoms with Crippen molar-refractivity contribution in [2.45, 2.75) is 18.5 Å². The summed E-state index contributed by atoms with van der Waals surface area (Å²) in [5, 5.41) is 12.8. The second kappa shape index (κ2) is 8.35. The van der Waals surface area contributed by atoms with E-state index in [2.05, 4.69) is 5.32 Å². The number of nitrogens with one attached hydrogen (secondary N) is 1. The lowest BCUT2D eigenvalue weighted by atomic mass is 10.0. The monoisotopic (exact) mass is 479 g/mol. The highest BCUT2D eigenvalue weighted by Crippen LogP contribution is 2.53. The van der Waals surface area contributed by atoms with Gasteiger partial charge in [0.15, 0.2) is 17.3 Å². The molecular formula is C22H23ClFN3O6. The minimum absolute atomic E-state index is 0.0464. The van der Waals surface area contributed by atoms with Crippen molar-refractivity contribution >= 4 is 23.4 Å².